The van der Waals surface area contributed by atoms with Gasteiger partial charge in [0.15, 0.2) is 0 Å². The van der Waals surface area contributed by atoms with Gasteiger partial charge in [-0.25, -0.2) is 8.42 Å². The van der Waals surface area contributed by atoms with Gasteiger partial charge in [0, 0.05) is 18.1 Å². The highest BCUT2D eigenvalue weighted by atomic mass is 35.5. The van der Waals surface area contributed by atoms with Crippen LogP contribution in [0.4, 0.5) is 5.69 Å². The van der Waals surface area contributed by atoms with E-state index in [0.29, 0.717) is 29.3 Å². The summed E-state index contributed by atoms with van der Waals surface area (Å²) in [5.41, 5.74) is 1.65. The van der Waals surface area contributed by atoms with E-state index in [1.54, 1.807) is 69.5 Å². The minimum absolute atomic E-state index is 0.0345. The van der Waals surface area contributed by atoms with E-state index in [9.17, 15) is 18.0 Å². The van der Waals surface area contributed by atoms with E-state index in [1.165, 1.54) is 23.1 Å². The molecule has 39 heavy (non-hydrogen) atoms. The Hall–Kier alpha value is -3.56. The zero-order valence-corrected chi connectivity index (χ0v) is 24.1. The zero-order chi connectivity index (χ0) is 28.6. The molecule has 0 saturated carbocycles. The average molecular weight is 572 g/mol. The molecule has 0 unspecified atom stereocenters. The lowest BCUT2D eigenvalue weighted by Crippen LogP contribution is -2.52. The lowest BCUT2D eigenvalue weighted by atomic mass is 10.1. The number of aryl methyl sites for hydroxylation is 1. The molecule has 0 spiro atoms. The molecule has 0 aliphatic rings. The Morgan fingerprint density at radius 3 is 2.36 bits per heavy atom. The molecule has 0 radical (unpaired) electrons. The summed E-state index contributed by atoms with van der Waals surface area (Å²) in [5, 5.41) is 3.12. The van der Waals surface area contributed by atoms with Gasteiger partial charge in [-0.2, -0.15) is 0 Å². The second kappa shape index (κ2) is 13.5. The van der Waals surface area contributed by atoms with Gasteiger partial charge in [0.2, 0.25) is 11.8 Å². The molecule has 3 aromatic rings. The first-order valence-corrected chi connectivity index (χ1v) is 14.5. The fraction of sp³-hybridized carbons (Fsp3) is 0.310. The number of carbonyl (C=O) groups is 2. The maximum atomic E-state index is 14.0. The van der Waals surface area contributed by atoms with Gasteiger partial charge in [-0.1, -0.05) is 54.9 Å². The number of anilines is 1. The highest BCUT2D eigenvalue weighted by molar-refractivity contribution is 7.92. The van der Waals surface area contributed by atoms with Crippen LogP contribution in [0.15, 0.2) is 77.7 Å². The molecule has 208 valence electrons. The van der Waals surface area contributed by atoms with Gasteiger partial charge in [0.1, 0.15) is 18.3 Å². The molecule has 10 heteroatoms. The third kappa shape index (κ3) is 7.30. The number of carbonyl (C=O) groups excluding carboxylic acids is 2. The predicted octanol–water partition coefficient (Wildman–Crippen LogP) is 4.80. The van der Waals surface area contributed by atoms with Gasteiger partial charge in [0.25, 0.3) is 10.0 Å². The van der Waals surface area contributed by atoms with Crippen molar-refractivity contribution in [3.05, 3.63) is 88.9 Å². The maximum Gasteiger partial charge on any atom is 0.264 e. The summed E-state index contributed by atoms with van der Waals surface area (Å²) in [5.74, 6) is -0.240. The topological polar surface area (TPSA) is 96.0 Å². The summed E-state index contributed by atoms with van der Waals surface area (Å²) in [6, 6.07) is 19.2. The van der Waals surface area contributed by atoms with Gasteiger partial charge in [0.05, 0.1) is 17.7 Å². The molecule has 3 rings (SSSR count). The third-order valence-electron chi connectivity index (χ3n) is 6.27. The largest absolute Gasteiger partial charge is 0.497 e. The Kier molecular flexibility index (Phi) is 10.4. The summed E-state index contributed by atoms with van der Waals surface area (Å²) < 4.78 is 34.2. The molecule has 0 aliphatic carbocycles. The van der Waals surface area contributed by atoms with Crippen molar-refractivity contribution in [3.63, 3.8) is 0 Å². The zero-order valence-electron chi connectivity index (χ0n) is 22.6. The van der Waals surface area contributed by atoms with Crippen LogP contribution in [-0.4, -0.2) is 51.4 Å². The van der Waals surface area contributed by atoms with E-state index < -0.39 is 28.5 Å². The molecular weight excluding hydrogens is 538 g/mol. The number of rotatable bonds is 12. The van der Waals surface area contributed by atoms with Crippen LogP contribution in [0.2, 0.25) is 5.02 Å². The molecule has 0 saturated heterocycles. The number of likely N-dealkylation sites (N-methyl/N-ethyl adjacent to an activating group) is 1. The molecule has 0 aromatic heterocycles. The summed E-state index contributed by atoms with van der Waals surface area (Å²) in [4.78, 5) is 28.5. The van der Waals surface area contributed by atoms with Crippen molar-refractivity contribution in [2.75, 3.05) is 24.5 Å². The van der Waals surface area contributed by atoms with Gasteiger partial charge in [-0.3, -0.25) is 13.9 Å². The van der Waals surface area contributed by atoms with Crippen LogP contribution in [0.1, 0.15) is 31.4 Å². The summed E-state index contributed by atoms with van der Waals surface area (Å²) >= 11 is 6.26. The number of hydrogen-bond acceptors (Lipinski definition) is 5. The fourth-order valence-electron chi connectivity index (χ4n) is 4.26. The average Bonchev–Trinajstić information content (AvgIpc) is 2.93. The van der Waals surface area contributed by atoms with Crippen LogP contribution in [0.3, 0.4) is 0 Å². The van der Waals surface area contributed by atoms with Crippen molar-refractivity contribution in [1.82, 2.24) is 10.2 Å². The Bertz CT molecular complexity index is 1400. The van der Waals surface area contributed by atoms with Crippen LogP contribution in [-0.2, 0) is 26.2 Å². The Morgan fingerprint density at radius 1 is 1.00 bits per heavy atom. The fourth-order valence-corrected chi connectivity index (χ4v) is 5.92. The first-order valence-electron chi connectivity index (χ1n) is 12.7. The van der Waals surface area contributed by atoms with Crippen molar-refractivity contribution in [2.24, 2.45) is 0 Å². The number of hydrogen-bond donors (Lipinski definition) is 1. The van der Waals surface area contributed by atoms with Crippen LogP contribution in [0, 0.1) is 6.92 Å². The Labute approximate surface area is 235 Å². The summed E-state index contributed by atoms with van der Waals surface area (Å²) in [7, 11) is -2.61. The maximum absolute atomic E-state index is 14.0. The van der Waals surface area contributed by atoms with Crippen LogP contribution >= 0.6 is 11.6 Å². The van der Waals surface area contributed by atoms with Gasteiger partial charge in [-0.05, 0) is 67.8 Å². The van der Waals surface area contributed by atoms with Gasteiger partial charge in [-0.15, -0.1) is 0 Å². The monoisotopic (exact) mass is 571 g/mol. The van der Waals surface area contributed by atoms with E-state index in [0.717, 1.165) is 9.87 Å². The van der Waals surface area contributed by atoms with E-state index in [2.05, 4.69) is 5.32 Å². The molecular formula is C29H34ClN3O5S. The molecule has 3 aromatic carbocycles. The van der Waals surface area contributed by atoms with Crippen molar-refractivity contribution in [2.45, 2.75) is 44.7 Å². The number of nitrogens with zero attached hydrogens (tertiary/aromatic N) is 2. The second-order valence-electron chi connectivity index (χ2n) is 8.95. The SMILES string of the molecule is CCNC(=O)[C@@H](CC)N(Cc1cccc(OC)c1)C(=O)CN(c1cc(Cl)ccc1C)S(=O)(=O)c1ccccc1. The number of methoxy groups -OCH3 is 1. The molecule has 8 nitrogen and oxygen atoms in total. The van der Waals surface area contributed by atoms with Crippen LogP contribution < -0.4 is 14.4 Å². The van der Waals surface area contributed by atoms with Crippen molar-refractivity contribution >= 4 is 39.1 Å². The Morgan fingerprint density at radius 2 is 1.72 bits per heavy atom. The van der Waals surface area contributed by atoms with E-state index >= 15 is 0 Å². The molecule has 0 bridgehead atoms. The Balaban J connectivity index is 2.10. The first kappa shape index (κ1) is 30.0. The number of amides is 2. The number of halogens is 1. The first-order chi connectivity index (χ1) is 18.6. The van der Waals surface area contributed by atoms with E-state index in [-0.39, 0.29) is 23.0 Å². The lowest BCUT2D eigenvalue weighted by molar-refractivity contribution is -0.140. The molecule has 1 atom stereocenters. The predicted molar refractivity (Wildman–Crippen MR) is 153 cm³/mol. The number of ether oxygens (including phenoxy) is 1. The highest BCUT2D eigenvalue weighted by Gasteiger charge is 2.34. The third-order valence-corrected chi connectivity index (χ3v) is 8.28. The quantitative estimate of drug-likeness (QED) is 0.337. The highest BCUT2D eigenvalue weighted by Crippen LogP contribution is 2.30. The summed E-state index contributed by atoms with van der Waals surface area (Å²) in [6.07, 6.45) is 0.336. The van der Waals surface area contributed by atoms with Crippen molar-refractivity contribution < 1.29 is 22.7 Å². The number of nitrogens with one attached hydrogen (secondary N) is 1. The smallest absolute Gasteiger partial charge is 0.264 e. The van der Waals surface area contributed by atoms with E-state index in [1.807, 2.05) is 13.0 Å². The van der Waals surface area contributed by atoms with Crippen molar-refractivity contribution in [1.29, 1.82) is 0 Å². The molecule has 0 fully saturated rings. The summed E-state index contributed by atoms with van der Waals surface area (Å²) in [6.45, 7) is 5.31. The van der Waals surface area contributed by atoms with E-state index in [4.69, 9.17) is 16.3 Å². The molecule has 2 amide bonds. The molecule has 0 heterocycles. The van der Waals surface area contributed by atoms with Crippen LogP contribution in [0.25, 0.3) is 0 Å². The minimum Gasteiger partial charge on any atom is -0.497 e. The normalized spacial score (nSPS) is 11.9. The van der Waals surface area contributed by atoms with Crippen LogP contribution in [0.5, 0.6) is 5.75 Å². The second-order valence-corrected chi connectivity index (χ2v) is 11.2. The number of benzene rings is 3. The molecule has 0 aliphatic heterocycles. The van der Waals surface area contributed by atoms with Crippen molar-refractivity contribution in [3.8, 4) is 5.75 Å². The lowest BCUT2D eigenvalue weighted by Gasteiger charge is -2.33. The standard InChI is InChI=1S/C29H34ClN3O5S/c1-5-26(29(35)31-6-2)32(19-22-11-10-12-24(17-22)38-4)28(34)20-33(27-18-23(30)16-15-21(27)3)39(36,37)25-13-8-7-9-14-25/h7-18,26H,5-6,19-20H2,1-4H3,(H,31,35)/t26-/m1/s1. The van der Waals surface area contributed by atoms with Gasteiger partial charge >= 0.3 is 0 Å². The minimum atomic E-state index is -4.16. The number of sulfonamides is 1. The van der Waals surface area contributed by atoms with Gasteiger partial charge < -0.3 is 15.0 Å². The molecule has 1 N–H and O–H groups in total.